The van der Waals surface area contributed by atoms with Gasteiger partial charge in [0.05, 0.1) is 15.9 Å². The zero-order chi connectivity index (χ0) is 20.6. The van der Waals surface area contributed by atoms with Crippen molar-refractivity contribution in [2.75, 3.05) is 17.2 Å². The SMILES string of the molecule is O=C(CCSCc1ccccn1)N(CCc1ccccc1)c1nc2ccccc2s1. The first-order valence-corrected chi connectivity index (χ1v) is 11.9. The summed E-state index contributed by atoms with van der Waals surface area (Å²) >= 11 is 3.32. The highest BCUT2D eigenvalue weighted by Crippen LogP contribution is 2.29. The molecule has 0 spiro atoms. The summed E-state index contributed by atoms with van der Waals surface area (Å²) in [5.41, 5.74) is 3.21. The number of fused-ring (bicyclic) bond motifs is 1. The average molecular weight is 434 g/mol. The van der Waals surface area contributed by atoms with Crippen LogP contribution in [0, 0.1) is 0 Å². The predicted molar refractivity (Wildman–Crippen MR) is 127 cm³/mol. The molecule has 0 aliphatic carbocycles. The van der Waals surface area contributed by atoms with E-state index in [1.54, 1.807) is 29.3 Å². The minimum Gasteiger partial charge on any atom is -0.288 e. The van der Waals surface area contributed by atoms with E-state index in [0.29, 0.717) is 13.0 Å². The number of anilines is 1. The molecular weight excluding hydrogens is 410 g/mol. The van der Waals surface area contributed by atoms with Crippen molar-refractivity contribution >= 4 is 44.4 Å². The summed E-state index contributed by atoms with van der Waals surface area (Å²) in [4.78, 5) is 24.0. The molecule has 1 amide bonds. The summed E-state index contributed by atoms with van der Waals surface area (Å²) in [6.45, 7) is 0.633. The smallest absolute Gasteiger partial charge is 0.229 e. The van der Waals surface area contributed by atoms with Gasteiger partial charge in [-0.2, -0.15) is 11.8 Å². The van der Waals surface area contributed by atoms with E-state index in [1.165, 1.54) is 5.56 Å². The van der Waals surface area contributed by atoms with Gasteiger partial charge in [-0.1, -0.05) is 59.9 Å². The van der Waals surface area contributed by atoms with Crippen LogP contribution in [0.1, 0.15) is 17.7 Å². The maximum atomic E-state index is 13.1. The number of nitrogens with zero attached hydrogens (tertiary/aromatic N) is 3. The first-order valence-electron chi connectivity index (χ1n) is 9.97. The second-order valence-corrected chi connectivity index (χ2v) is 8.98. The number of thiazole rings is 1. The van der Waals surface area contributed by atoms with E-state index in [-0.39, 0.29) is 5.91 Å². The molecule has 0 aliphatic heterocycles. The lowest BCUT2D eigenvalue weighted by atomic mass is 10.1. The molecule has 0 unspecified atom stereocenters. The van der Waals surface area contributed by atoms with Crippen LogP contribution >= 0.6 is 23.1 Å². The molecule has 0 aliphatic rings. The molecule has 4 aromatic rings. The topological polar surface area (TPSA) is 46.1 Å². The molecule has 2 aromatic heterocycles. The number of hydrogen-bond acceptors (Lipinski definition) is 5. The summed E-state index contributed by atoms with van der Waals surface area (Å²) in [6, 6.07) is 24.3. The minimum atomic E-state index is 0.124. The van der Waals surface area contributed by atoms with E-state index < -0.39 is 0 Å². The summed E-state index contributed by atoms with van der Waals surface area (Å²) in [7, 11) is 0. The lowest BCUT2D eigenvalue weighted by Crippen LogP contribution is -2.33. The van der Waals surface area contributed by atoms with Crippen LogP contribution in [0.2, 0.25) is 0 Å². The molecule has 0 atom stereocenters. The fourth-order valence-electron chi connectivity index (χ4n) is 3.14. The van der Waals surface area contributed by atoms with Crippen molar-refractivity contribution in [3.8, 4) is 0 Å². The third-order valence-corrected chi connectivity index (χ3v) is 6.77. The van der Waals surface area contributed by atoms with Crippen LogP contribution < -0.4 is 4.90 Å². The molecule has 152 valence electrons. The number of hydrogen-bond donors (Lipinski definition) is 0. The molecule has 4 nitrogen and oxygen atoms in total. The fraction of sp³-hybridized carbons (Fsp3) is 0.208. The molecule has 30 heavy (non-hydrogen) atoms. The largest absolute Gasteiger partial charge is 0.288 e. The summed E-state index contributed by atoms with van der Waals surface area (Å²) < 4.78 is 1.11. The van der Waals surface area contributed by atoms with Crippen molar-refractivity contribution in [1.29, 1.82) is 0 Å². The van der Waals surface area contributed by atoms with Crippen LogP contribution in [0.15, 0.2) is 79.0 Å². The average Bonchev–Trinajstić information content (AvgIpc) is 3.22. The molecule has 4 rings (SSSR count). The Kier molecular flexibility index (Phi) is 7.11. The van der Waals surface area contributed by atoms with Gasteiger partial charge in [0.25, 0.3) is 0 Å². The van der Waals surface area contributed by atoms with Crippen LogP contribution in [0.4, 0.5) is 5.13 Å². The first kappa shape index (κ1) is 20.6. The lowest BCUT2D eigenvalue weighted by molar-refractivity contribution is -0.118. The van der Waals surface area contributed by atoms with Gasteiger partial charge >= 0.3 is 0 Å². The third kappa shape index (κ3) is 5.46. The number of carbonyl (C=O) groups excluding carboxylic acids is 1. The van der Waals surface area contributed by atoms with E-state index in [0.717, 1.165) is 39.0 Å². The van der Waals surface area contributed by atoms with Gasteiger partial charge in [0, 0.05) is 30.7 Å². The number of para-hydroxylation sites is 1. The molecule has 0 radical (unpaired) electrons. The number of benzene rings is 2. The van der Waals surface area contributed by atoms with Crippen LogP contribution in [0.5, 0.6) is 0 Å². The number of amides is 1. The van der Waals surface area contributed by atoms with Crippen LogP contribution in [0.25, 0.3) is 10.2 Å². The van der Waals surface area contributed by atoms with Crippen LogP contribution in [0.3, 0.4) is 0 Å². The zero-order valence-corrected chi connectivity index (χ0v) is 18.2. The molecule has 2 heterocycles. The Bertz CT molecular complexity index is 1050. The molecule has 2 aromatic carbocycles. The molecule has 0 N–H and O–H groups in total. The normalized spacial score (nSPS) is 10.9. The zero-order valence-electron chi connectivity index (χ0n) is 16.6. The van der Waals surface area contributed by atoms with Gasteiger partial charge in [-0.05, 0) is 36.2 Å². The van der Waals surface area contributed by atoms with E-state index in [9.17, 15) is 4.79 Å². The van der Waals surface area contributed by atoms with E-state index in [1.807, 2.05) is 59.5 Å². The molecule has 0 saturated carbocycles. The Balaban J connectivity index is 1.42. The van der Waals surface area contributed by atoms with Gasteiger partial charge in [0.1, 0.15) is 0 Å². The van der Waals surface area contributed by atoms with Gasteiger partial charge in [-0.3, -0.25) is 14.7 Å². The highest BCUT2D eigenvalue weighted by Gasteiger charge is 2.19. The Morgan fingerprint density at radius 1 is 0.967 bits per heavy atom. The van der Waals surface area contributed by atoms with Crippen molar-refractivity contribution in [3.05, 3.63) is 90.3 Å². The predicted octanol–water partition coefficient (Wildman–Crippen LogP) is 5.59. The number of thioether (sulfide) groups is 1. The van der Waals surface area contributed by atoms with Crippen LogP contribution in [-0.4, -0.2) is 28.2 Å². The Morgan fingerprint density at radius 2 is 1.77 bits per heavy atom. The van der Waals surface area contributed by atoms with Crippen LogP contribution in [-0.2, 0) is 17.0 Å². The number of carbonyl (C=O) groups is 1. The van der Waals surface area contributed by atoms with Gasteiger partial charge < -0.3 is 0 Å². The highest BCUT2D eigenvalue weighted by molar-refractivity contribution is 7.98. The first-order chi connectivity index (χ1) is 14.8. The number of pyridine rings is 1. The monoisotopic (exact) mass is 433 g/mol. The fourth-order valence-corrected chi connectivity index (χ4v) is 4.99. The van der Waals surface area contributed by atoms with Gasteiger partial charge in [-0.15, -0.1) is 0 Å². The molecule has 0 saturated heterocycles. The maximum absolute atomic E-state index is 13.1. The third-order valence-electron chi connectivity index (χ3n) is 4.72. The van der Waals surface area contributed by atoms with Gasteiger partial charge in [0.15, 0.2) is 5.13 Å². The summed E-state index contributed by atoms with van der Waals surface area (Å²) in [5.74, 6) is 1.71. The van der Waals surface area contributed by atoms with Gasteiger partial charge in [0.2, 0.25) is 5.91 Å². The summed E-state index contributed by atoms with van der Waals surface area (Å²) in [5, 5.41) is 0.784. The van der Waals surface area contributed by atoms with Crippen molar-refractivity contribution in [3.63, 3.8) is 0 Å². The highest BCUT2D eigenvalue weighted by atomic mass is 32.2. The molecule has 0 bridgehead atoms. The van der Waals surface area contributed by atoms with E-state index in [2.05, 4.69) is 23.2 Å². The van der Waals surface area contributed by atoms with Gasteiger partial charge in [-0.25, -0.2) is 4.98 Å². The van der Waals surface area contributed by atoms with Crippen molar-refractivity contribution < 1.29 is 4.79 Å². The molecule has 6 heteroatoms. The Labute approximate surface area is 185 Å². The van der Waals surface area contributed by atoms with E-state index in [4.69, 9.17) is 4.98 Å². The Morgan fingerprint density at radius 3 is 2.57 bits per heavy atom. The molecular formula is C24H23N3OS2. The van der Waals surface area contributed by atoms with Crippen molar-refractivity contribution in [2.45, 2.75) is 18.6 Å². The Hall–Kier alpha value is -2.70. The second-order valence-electron chi connectivity index (χ2n) is 6.87. The number of rotatable bonds is 9. The van der Waals surface area contributed by atoms with Crippen molar-refractivity contribution in [1.82, 2.24) is 9.97 Å². The quantitative estimate of drug-likeness (QED) is 0.323. The lowest BCUT2D eigenvalue weighted by Gasteiger charge is -2.20. The molecule has 0 fully saturated rings. The maximum Gasteiger partial charge on any atom is 0.229 e. The summed E-state index contributed by atoms with van der Waals surface area (Å²) in [6.07, 6.45) is 3.10. The minimum absolute atomic E-state index is 0.124. The van der Waals surface area contributed by atoms with Crippen molar-refractivity contribution in [2.24, 2.45) is 0 Å². The standard InChI is InChI=1S/C24H23N3OS2/c28-23(14-17-29-18-20-10-6-7-15-25-20)27(16-13-19-8-2-1-3-9-19)24-26-21-11-4-5-12-22(21)30-24/h1-12,15H,13-14,16-18H2. The second kappa shape index (κ2) is 10.4. The van der Waals surface area contributed by atoms with E-state index >= 15 is 0 Å². The number of aromatic nitrogens is 2.